The van der Waals surface area contributed by atoms with E-state index < -0.39 is 31.7 Å². The van der Waals surface area contributed by atoms with Crippen LogP contribution in [0.1, 0.15) is 27.7 Å². The van der Waals surface area contributed by atoms with Crippen molar-refractivity contribution < 1.29 is 32.0 Å². The highest BCUT2D eigenvalue weighted by Crippen LogP contribution is 2.41. The predicted molar refractivity (Wildman–Crippen MR) is 88.8 cm³/mol. The van der Waals surface area contributed by atoms with Gasteiger partial charge in [-0.1, -0.05) is 6.07 Å². The molecule has 0 aromatic heterocycles. The number of sulfonamides is 1. The Bertz CT molecular complexity index is 736. The van der Waals surface area contributed by atoms with E-state index in [2.05, 4.69) is 31.9 Å². The first-order valence-electron chi connectivity index (χ1n) is 6.31. The maximum Gasteiger partial charge on any atom is 0.574 e. The van der Waals surface area contributed by atoms with Gasteiger partial charge in [0.05, 0.1) is 4.05 Å². The lowest BCUT2D eigenvalue weighted by Crippen LogP contribution is -2.66. The average Bonchev–Trinajstić information content (AvgIpc) is 2.32. The van der Waals surface area contributed by atoms with Crippen molar-refractivity contribution in [2.45, 2.75) is 38.1 Å². The van der Waals surface area contributed by atoms with Gasteiger partial charge in [0.2, 0.25) is 0 Å². The number of carboxylic acid groups (broad SMARTS) is 1. The summed E-state index contributed by atoms with van der Waals surface area (Å²) >= 11 is 6.21. The van der Waals surface area contributed by atoms with Crippen molar-refractivity contribution in [3.8, 4) is 0 Å². The molecule has 128 valence electrons. The molecule has 0 aliphatic rings. The molecule has 0 fully saturated rings. The number of hydrogen-bond acceptors (Lipinski definition) is 5. The van der Waals surface area contributed by atoms with Crippen molar-refractivity contribution in [1.29, 1.82) is 0 Å². The smallest absolute Gasteiger partial charge is 0.432 e. The average molecular weight is 474 g/mol. The minimum atomic E-state index is -4.67. The van der Waals surface area contributed by atoms with Gasteiger partial charge in [-0.2, -0.15) is 13.2 Å². The van der Waals surface area contributed by atoms with Crippen LogP contribution in [0.3, 0.4) is 0 Å². The molecule has 0 saturated carbocycles. The van der Waals surface area contributed by atoms with E-state index in [9.17, 15) is 23.1 Å². The van der Waals surface area contributed by atoms with Crippen LogP contribution in [0.5, 0.6) is 0 Å². The Labute approximate surface area is 151 Å². The van der Waals surface area contributed by atoms with Crippen LogP contribution in [-0.4, -0.2) is 35.2 Å². The molecule has 0 saturated heterocycles. The molecule has 23 heavy (non-hydrogen) atoms. The maximum atomic E-state index is 13.2. The van der Waals surface area contributed by atoms with E-state index in [0.717, 1.165) is 6.92 Å². The van der Waals surface area contributed by atoms with Gasteiger partial charge >= 0.3 is 22.1 Å². The number of hydrogen-bond donors (Lipinski definition) is 1. The molecule has 10 heteroatoms. The molecule has 1 aromatic carbocycles. The third-order valence-electron chi connectivity index (χ3n) is 2.91. The van der Waals surface area contributed by atoms with Crippen molar-refractivity contribution in [2.24, 2.45) is 0 Å². The zero-order valence-electron chi connectivity index (χ0n) is 12.8. The number of halogens is 2. The molecule has 7 nitrogen and oxygen atoms in total. The van der Waals surface area contributed by atoms with Crippen LogP contribution in [0.15, 0.2) is 32.0 Å². The van der Waals surface area contributed by atoms with Crippen molar-refractivity contribution in [3.63, 3.8) is 0 Å². The Balaban J connectivity index is 3.93. The zero-order chi connectivity index (χ0) is 18.2. The molecule has 1 rings (SSSR count). The molecule has 0 bridgehead atoms. The molecule has 0 aliphatic heterocycles. The Kier molecular flexibility index (Phi) is 5.67. The van der Waals surface area contributed by atoms with Crippen molar-refractivity contribution in [3.05, 3.63) is 27.1 Å². The van der Waals surface area contributed by atoms with Crippen LogP contribution in [0, 0.1) is 0 Å². The Morgan fingerprint density at radius 1 is 1.17 bits per heavy atom. The highest BCUT2D eigenvalue weighted by atomic mass is 79.9. The van der Waals surface area contributed by atoms with Gasteiger partial charge in [-0.15, -0.1) is 0 Å². The van der Waals surface area contributed by atoms with E-state index >= 15 is 0 Å². The normalized spacial score (nSPS) is 14.9. The molecular weight excluding hydrogens is 458 g/mol. The number of quaternary nitrogens is 1. The largest absolute Gasteiger partial charge is 0.574 e. The van der Waals surface area contributed by atoms with Gasteiger partial charge in [-0.05, 0) is 64.8 Å². The summed E-state index contributed by atoms with van der Waals surface area (Å²) in [6.07, 6.45) is -1.82. The van der Waals surface area contributed by atoms with Crippen LogP contribution in [0.2, 0.25) is 0 Å². The third-order valence-corrected chi connectivity index (χ3v) is 7.17. The second-order valence-corrected chi connectivity index (χ2v) is 9.19. The van der Waals surface area contributed by atoms with Gasteiger partial charge in [0.15, 0.2) is 10.4 Å². The van der Waals surface area contributed by atoms with Crippen molar-refractivity contribution >= 4 is 53.9 Å². The fraction of sp³-hybridized carbons (Fsp3) is 0.385. The predicted octanol–water partition coefficient (Wildman–Crippen LogP) is 3.67. The first-order chi connectivity index (χ1) is 10.3. The van der Waals surface area contributed by atoms with Gasteiger partial charge < -0.3 is 5.11 Å². The van der Waals surface area contributed by atoms with Gasteiger partial charge in [0.25, 0.3) is 0 Å². The topological polar surface area (TPSA) is 97.7 Å². The maximum absolute atomic E-state index is 13.2. The molecule has 0 spiro atoms. The second-order valence-electron chi connectivity index (χ2n) is 5.61. The standard InChI is InChI=1S/C13H15Br2NO6S/c1-8(17)22-16(12(18)19,13(2,3)4)23(20,21)11-9(14)6-5-7-10(11)15/h5-7H,1-4H3/p+1. The first kappa shape index (κ1) is 20.1. The Morgan fingerprint density at radius 2 is 1.61 bits per heavy atom. The number of carbonyl (C=O) groups excluding carboxylic acids is 1. The number of carbonyl (C=O) groups is 2. The molecule has 1 amide bonds. The minimum absolute atomic E-state index is 0.145. The highest BCUT2D eigenvalue weighted by molar-refractivity contribution is 9.11. The summed E-state index contributed by atoms with van der Waals surface area (Å²) in [4.78, 5) is 27.9. The van der Waals surface area contributed by atoms with E-state index in [4.69, 9.17) is 4.84 Å². The summed E-state index contributed by atoms with van der Waals surface area (Å²) in [5.41, 5.74) is -1.49. The highest BCUT2D eigenvalue weighted by Gasteiger charge is 2.65. The van der Waals surface area contributed by atoms with Gasteiger partial charge in [0.1, 0.15) is 0 Å². The quantitative estimate of drug-likeness (QED) is 0.519. The third kappa shape index (κ3) is 3.30. The van der Waals surface area contributed by atoms with E-state index in [1.54, 1.807) is 6.07 Å². The first-order valence-corrected chi connectivity index (χ1v) is 9.33. The van der Waals surface area contributed by atoms with Crippen LogP contribution < -0.4 is 0 Å². The molecule has 1 aromatic rings. The molecule has 0 aliphatic carbocycles. The summed E-state index contributed by atoms with van der Waals surface area (Å²) in [5.74, 6) is -1.03. The van der Waals surface area contributed by atoms with Gasteiger partial charge in [-0.25, -0.2) is 9.63 Å². The van der Waals surface area contributed by atoms with E-state index in [0.29, 0.717) is 0 Å². The van der Waals surface area contributed by atoms with E-state index in [-0.39, 0.29) is 13.8 Å². The van der Waals surface area contributed by atoms with Crippen LogP contribution in [0.4, 0.5) is 4.79 Å². The summed E-state index contributed by atoms with van der Waals surface area (Å²) in [6, 6.07) is 4.47. The second kappa shape index (κ2) is 6.50. The summed E-state index contributed by atoms with van der Waals surface area (Å²) in [6.45, 7) is 5.01. The summed E-state index contributed by atoms with van der Waals surface area (Å²) in [5, 5.41) is 9.67. The molecule has 0 heterocycles. The molecule has 1 unspecified atom stereocenters. The van der Waals surface area contributed by atoms with Crippen molar-refractivity contribution in [2.75, 3.05) is 0 Å². The Hall–Kier alpha value is -0.970. The number of benzene rings is 1. The molecular formula is C13H16Br2NO6S+. The molecule has 1 N–H and O–H groups in total. The lowest BCUT2D eigenvalue weighted by atomic mass is 10.1. The monoisotopic (exact) mass is 472 g/mol. The lowest BCUT2D eigenvalue weighted by Gasteiger charge is -2.37. The Morgan fingerprint density at radius 3 is 1.91 bits per heavy atom. The SMILES string of the molecule is CC(=O)O[N+](C(=O)O)(C(C)(C)C)S(=O)(=O)c1c(Br)cccc1Br. The molecule has 1 atom stereocenters. The van der Waals surface area contributed by atoms with Gasteiger partial charge in [0, 0.05) is 15.9 Å². The fourth-order valence-electron chi connectivity index (χ4n) is 2.01. The number of hydroxylamine groups is 2. The summed E-state index contributed by atoms with van der Waals surface area (Å²) < 4.78 is 24.7. The van der Waals surface area contributed by atoms with Crippen LogP contribution in [-0.2, 0) is 19.7 Å². The van der Waals surface area contributed by atoms with Crippen LogP contribution >= 0.6 is 31.9 Å². The number of amides is 1. The van der Waals surface area contributed by atoms with Gasteiger partial charge in [-0.3, -0.25) is 0 Å². The molecule has 0 radical (unpaired) electrons. The summed E-state index contributed by atoms with van der Waals surface area (Å²) in [7, 11) is -4.67. The zero-order valence-corrected chi connectivity index (χ0v) is 16.8. The minimum Gasteiger partial charge on any atom is -0.432 e. The van der Waals surface area contributed by atoms with E-state index in [1.807, 2.05) is 0 Å². The van der Waals surface area contributed by atoms with Crippen molar-refractivity contribution in [1.82, 2.24) is 0 Å². The van der Waals surface area contributed by atoms with Crippen LogP contribution in [0.25, 0.3) is 0 Å². The number of rotatable bonds is 2. The lowest BCUT2D eigenvalue weighted by molar-refractivity contribution is -0.963. The fourth-order valence-corrected chi connectivity index (χ4v) is 6.26. The van der Waals surface area contributed by atoms with E-state index in [1.165, 1.54) is 32.9 Å². The number of nitrogens with zero attached hydrogens (tertiary/aromatic N) is 1.